The number of carbonyl (C=O) groups is 2. The molecule has 0 spiro atoms. The summed E-state index contributed by atoms with van der Waals surface area (Å²) in [6.07, 6.45) is 1.78. The third-order valence-electron chi connectivity index (χ3n) is 3.19. The van der Waals surface area contributed by atoms with E-state index in [1.165, 1.54) is 25.1 Å². The first-order chi connectivity index (χ1) is 10.4. The molecule has 0 heterocycles. The molecule has 1 N–H and O–H groups in total. The van der Waals surface area contributed by atoms with E-state index in [0.29, 0.717) is 0 Å². The first-order valence-electron chi connectivity index (χ1n) is 7.07. The lowest BCUT2D eigenvalue weighted by Crippen LogP contribution is -2.35. The first kappa shape index (κ1) is 17.6. The summed E-state index contributed by atoms with van der Waals surface area (Å²) in [7, 11) is 0. The van der Waals surface area contributed by atoms with E-state index in [-0.39, 0.29) is 22.9 Å². The third-order valence-corrected chi connectivity index (χ3v) is 3.19. The van der Waals surface area contributed by atoms with Crippen molar-refractivity contribution in [2.45, 2.75) is 39.7 Å². The van der Waals surface area contributed by atoms with E-state index in [0.717, 1.165) is 12.8 Å². The Morgan fingerprint density at radius 3 is 2.68 bits per heavy atom. The Morgan fingerprint density at radius 1 is 1.41 bits per heavy atom. The van der Waals surface area contributed by atoms with Gasteiger partial charge in [-0.15, -0.1) is 0 Å². The second kappa shape index (κ2) is 8.11. The number of nitro groups is 1. The predicted molar refractivity (Wildman–Crippen MR) is 80.6 cm³/mol. The summed E-state index contributed by atoms with van der Waals surface area (Å²) in [5.74, 6) is -1.14. The maximum atomic E-state index is 11.9. The summed E-state index contributed by atoms with van der Waals surface area (Å²) >= 11 is 0. The quantitative estimate of drug-likeness (QED) is 0.473. The van der Waals surface area contributed by atoms with Gasteiger partial charge in [-0.3, -0.25) is 14.9 Å². The van der Waals surface area contributed by atoms with E-state index in [1.807, 2.05) is 13.8 Å². The highest BCUT2D eigenvalue weighted by Crippen LogP contribution is 2.21. The Kier molecular flexibility index (Phi) is 6.49. The van der Waals surface area contributed by atoms with Gasteiger partial charge in [0.15, 0.2) is 6.61 Å². The number of nitrogens with zero attached hydrogens (tertiary/aromatic N) is 1. The SMILES string of the molecule is CCC[C@@H](C)NC(=O)COC(=O)c1cccc([N+](=O)[O-])c1C. The normalized spacial score (nSPS) is 11.6. The Hall–Kier alpha value is -2.44. The summed E-state index contributed by atoms with van der Waals surface area (Å²) in [6, 6.07) is 4.16. The molecule has 1 aromatic carbocycles. The fourth-order valence-corrected chi connectivity index (χ4v) is 2.07. The van der Waals surface area contributed by atoms with Crippen LogP contribution in [0, 0.1) is 17.0 Å². The van der Waals surface area contributed by atoms with Gasteiger partial charge in [-0.1, -0.05) is 19.4 Å². The van der Waals surface area contributed by atoms with E-state index < -0.39 is 23.4 Å². The lowest BCUT2D eigenvalue weighted by atomic mass is 10.1. The van der Waals surface area contributed by atoms with E-state index >= 15 is 0 Å². The molecule has 120 valence electrons. The van der Waals surface area contributed by atoms with Crippen LogP contribution in [0.3, 0.4) is 0 Å². The molecular formula is C15H20N2O5. The van der Waals surface area contributed by atoms with Crippen molar-refractivity contribution in [1.82, 2.24) is 5.32 Å². The monoisotopic (exact) mass is 308 g/mol. The van der Waals surface area contributed by atoms with Crippen LogP contribution in [-0.4, -0.2) is 29.4 Å². The van der Waals surface area contributed by atoms with Crippen molar-refractivity contribution in [3.8, 4) is 0 Å². The molecule has 7 heteroatoms. The molecule has 0 unspecified atom stereocenters. The average molecular weight is 308 g/mol. The predicted octanol–water partition coefficient (Wildman–Crippen LogP) is 2.36. The van der Waals surface area contributed by atoms with Crippen LogP contribution in [0.1, 0.15) is 42.6 Å². The zero-order chi connectivity index (χ0) is 16.7. The van der Waals surface area contributed by atoms with Gasteiger partial charge in [-0.05, 0) is 26.3 Å². The molecule has 0 aliphatic carbocycles. The van der Waals surface area contributed by atoms with Crippen LogP contribution in [0.4, 0.5) is 5.69 Å². The molecule has 0 bridgehead atoms. The second-order valence-electron chi connectivity index (χ2n) is 5.04. The Bertz CT molecular complexity index is 571. The standard InChI is InChI=1S/C15H20N2O5/c1-4-6-10(2)16-14(18)9-22-15(19)12-7-5-8-13(11(12)3)17(20)21/h5,7-8,10H,4,6,9H2,1-3H3,(H,16,18)/t10-/m1/s1. The minimum absolute atomic E-state index is 0.00995. The summed E-state index contributed by atoms with van der Waals surface area (Å²) < 4.78 is 4.91. The summed E-state index contributed by atoms with van der Waals surface area (Å²) in [5, 5.41) is 13.5. The maximum Gasteiger partial charge on any atom is 0.339 e. The van der Waals surface area contributed by atoms with Gasteiger partial charge in [0.05, 0.1) is 10.5 Å². The highest BCUT2D eigenvalue weighted by Gasteiger charge is 2.19. The number of hydrogen-bond acceptors (Lipinski definition) is 5. The summed E-state index contributed by atoms with van der Waals surface area (Å²) in [6.45, 7) is 4.94. The molecule has 0 saturated heterocycles. The minimum atomic E-state index is -0.750. The highest BCUT2D eigenvalue weighted by molar-refractivity contribution is 5.93. The topological polar surface area (TPSA) is 98.5 Å². The lowest BCUT2D eigenvalue weighted by Gasteiger charge is -2.13. The molecule has 0 aliphatic heterocycles. The molecule has 0 fully saturated rings. The van der Waals surface area contributed by atoms with Crippen LogP contribution in [0.25, 0.3) is 0 Å². The molecule has 0 radical (unpaired) electrons. The van der Waals surface area contributed by atoms with E-state index in [2.05, 4.69) is 5.32 Å². The summed E-state index contributed by atoms with van der Waals surface area (Å²) in [4.78, 5) is 33.8. The number of hydrogen-bond donors (Lipinski definition) is 1. The molecule has 1 aromatic rings. The smallest absolute Gasteiger partial charge is 0.339 e. The molecule has 0 saturated carbocycles. The molecular weight excluding hydrogens is 288 g/mol. The van der Waals surface area contributed by atoms with Gasteiger partial charge in [0.2, 0.25) is 0 Å². The van der Waals surface area contributed by atoms with Crippen LogP contribution in [0.15, 0.2) is 18.2 Å². The van der Waals surface area contributed by atoms with Gasteiger partial charge < -0.3 is 10.1 Å². The van der Waals surface area contributed by atoms with Gasteiger partial charge in [-0.25, -0.2) is 4.79 Å². The van der Waals surface area contributed by atoms with Crippen molar-refractivity contribution >= 4 is 17.6 Å². The Labute approximate surface area is 128 Å². The van der Waals surface area contributed by atoms with Crippen LogP contribution < -0.4 is 5.32 Å². The van der Waals surface area contributed by atoms with Gasteiger partial charge in [0.1, 0.15) is 0 Å². The molecule has 7 nitrogen and oxygen atoms in total. The van der Waals surface area contributed by atoms with E-state index in [9.17, 15) is 19.7 Å². The van der Waals surface area contributed by atoms with Crippen LogP contribution in [-0.2, 0) is 9.53 Å². The van der Waals surface area contributed by atoms with Crippen molar-refractivity contribution in [1.29, 1.82) is 0 Å². The number of benzene rings is 1. The fraction of sp³-hybridized carbons (Fsp3) is 0.467. The minimum Gasteiger partial charge on any atom is -0.452 e. The van der Waals surface area contributed by atoms with Crippen LogP contribution >= 0.6 is 0 Å². The Morgan fingerprint density at radius 2 is 2.09 bits per heavy atom. The first-order valence-corrected chi connectivity index (χ1v) is 7.07. The van der Waals surface area contributed by atoms with Crippen LogP contribution in [0.2, 0.25) is 0 Å². The summed E-state index contributed by atoms with van der Waals surface area (Å²) in [5.41, 5.74) is 0.149. The van der Waals surface area contributed by atoms with Gasteiger partial charge >= 0.3 is 5.97 Å². The highest BCUT2D eigenvalue weighted by atomic mass is 16.6. The zero-order valence-corrected chi connectivity index (χ0v) is 12.9. The fourth-order valence-electron chi connectivity index (χ4n) is 2.07. The molecule has 22 heavy (non-hydrogen) atoms. The third kappa shape index (κ3) is 4.83. The molecule has 1 rings (SSSR count). The number of nitro benzene ring substituents is 1. The zero-order valence-electron chi connectivity index (χ0n) is 12.9. The van der Waals surface area contributed by atoms with E-state index in [4.69, 9.17) is 4.74 Å². The van der Waals surface area contributed by atoms with Crippen molar-refractivity contribution < 1.29 is 19.2 Å². The average Bonchev–Trinajstić information content (AvgIpc) is 2.44. The molecule has 1 amide bonds. The van der Waals surface area contributed by atoms with Gasteiger partial charge in [-0.2, -0.15) is 0 Å². The number of ether oxygens (including phenoxy) is 1. The van der Waals surface area contributed by atoms with Gasteiger partial charge in [0.25, 0.3) is 11.6 Å². The second-order valence-corrected chi connectivity index (χ2v) is 5.04. The number of rotatable bonds is 7. The van der Waals surface area contributed by atoms with Crippen LogP contribution in [0.5, 0.6) is 0 Å². The Balaban J connectivity index is 2.65. The van der Waals surface area contributed by atoms with Crippen molar-refractivity contribution in [3.05, 3.63) is 39.4 Å². The number of esters is 1. The van der Waals surface area contributed by atoms with Crippen molar-refractivity contribution in [3.63, 3.8) is 0 Å². The lowest BCUT2D eigenvalue weighted by molar-refractivity contribution is -0.385. The van der Waals surface area contributed by atoms with Crippen molar-refractivity contribution in [2.75, 3.05) is 6.61 Å². The number of carbonyl (C=O) groups excluding carboxylic acids is 2. The molecule has 1 atom stereocenters. The number of amides is 1. The molecule has 0 aromatic heterocycles. The number of nitrogens with one attached hydrogen (secondary N) is 1. The largest absolute Gasteiger partial charge is 0.452 e. The van der Waals surface area contributed by atoms with Gasteiger partial charge in [0, 0.05) is 17.7 Å². The molecule has 0 aliphatic rings. The van der Waals surface area contributed by atoms with Crippen molar-refractivity contribution in [2.24, 2.45) is 0 Å². The van der Waals surface area contributed by atoms with E-state index in [1.54, 1.807) is 0 Å². The maximum absolute atomic E-state index is 11.9.